The average molecular weight is 168 g/mol. The van der Waals surface area contributed by atoms with E-state index in [9.17, 15) is 10.1 Å². The van der Waals surface area contributed by atoms with Gasteiger partial charge in [0.15, 0.2) is 0 Å². The van der Waals surface area contributed by atoms with Crippen LogP contribution >= 0.6 is 0 Å². The van der Waals surface area contributed by atoms with Gasteiger partial charge in [-0.1, -0.05) is 0 Å². The molecule has 0 bridgehead atoms. The summed E-state index contributed by atoms with van der Waals surface area (Å²) in [5.74, 6) is -0.110. The van der Waals surface area contributed by atoms with Crippen molar-refractivity contribution in [1.29, 1.82) is 0 Å². The summed E-state index contributed by atoms with van der Waals surface area (Å²) in [4.78, 5) is 9.84. The number of benzene rings is 1. The predicted octanol–water partition coefficient (Wildman–Crippen LogP) is 1.34. The van der Waals surface area contributed by atoms with E-state index in [0.717, 1.165) is 6.07 Å². The zero-order valence-electron chi connectivity index (χ0n) is 6.44. The molecule has 0 atom stereocenters. The Morgan fingerprint density at radius 1 is 1.58 bits per heavy atom. The number of hydrogen-bond donors (Lipinski definition) is 2. The van der Waals surface area contributed by atoms with E-state index in [4.69, 9.17) is 5.11 Å². The van der Waals surface area contributed by atoms with Gasteiger partial charge < -0.3 is 10.4 Å². The van der Waals surface area contributed by atoms with Gasteiger partial charge in [0, 0.05) is 7.05 Å². The molecule has 1 rings (SSSR count). The van der Waals surface area contributed by atoms with E-state index in [1.807, 2.05) is 0 Å². The van der Waals surface area contributed by atoms with E-state index in [2.05, 4.69) is 5.32 Å². The molecule has 0 aliphatic rings. The summed E-state index contributed by atoms with van der Waals surface area (Å²) in [6.07, 6.45) is 0. The molecule has 64 valence electrons. The van der Waals surface area contributed by atoms with Crippen molar-refractivity contribution in [2.45, 2.75) is 0 Å². The van der Waals surface area contributed by atoms with Crippen LogP contribution in [0.25, 0.3) is 0 Å². The standard InChI is InChI=1S/C7H8N2O3/c1-8-6-3-2-5(10)4-7(6)9(11)12/h2-4,8,10H,1H3. The minimum absolute atomic E-state index is 0.110. The summed E-state index contributed by atoms with van der Waals surface area (Å²) in [6.45, 7) is 0. The predicted molar refractivity (Wildman–Crippen MR) is 44.3 cm³/mol. The first kappa shape index (κ1) is 8.32. The van der Waals surface area contributed by atoms with Crippen molar-refractivity contribution in [1.82, 2.24) is 0 Å². The Hall–Kier alpha value is -1.78. The van der Waals surface area contributed by atoms with Gasteiger partial charge in [0.1, 0.15) is 11.4 Å². The molecule has 0 fully saturated rings. The van der Waals surface area contributed by atoms with Gasteiger partial charge in [-0.3, -0.25) is 10.1 Å². The second-order valence-electron chi connectivity index (χ2n) is 2.21. The summed E-state index contributed by atoms with van der Waals surface area (Å²) < 4.78 is 0. The number of nitro groups is 1. The van der Waals surface area contributed by atoms with Gasteiger partial charge in [-0.15, -0.1) is 0 Å². The van der Waals surface area contributed by atoms with Crippen LogP contribution in [0.2, 0.25) is 0 Å². The van der Waals surface area contributed by atoms with Crippen molar-refractivity contribution >= 4 is 11.4 Å². The summed E-state index contributed by atoms with van der Waals surface area (Å²) >= 11 is 0. The van der Waals surface area contributed by atoms with Crippen LogP contribution in [-0.2, 0) is 0 Å². The monoisotopic (exact) mass is 168 g/mol. The van der Waals surface area contributed by atoms with Gasteiger partial charge in [0.2, 0.25) is 0 Å². The Kier molecular flexibility index (Phi) is 2.14. The molecule has 1 aromatic carbocycles. The van der Waals surface area contributed by atoms with E-state index in [0.29, 0.717) is 5.69 Å². The Labute approximate surface area is 68.8 Å². The third-order valence-corrected chi connectivity index (χ3v) is 1.45. The lowest BCUT2D eigenvalue weighted by Gasteiger charge is -2.00. The number of aromatic hydroxyl groups is 1. The van der Waals surface area contributed by atoms with Gasteiger partial charge in [-0.25, -0.2) is 0 Å². The molecule has 2 N–H and O–H groups in total. The summed E-state index contributed by atoms with van der Waals surface area (Å²) in [7, 11) is 1.58. The highest BCUT2D eigenvalue weighted by Crippen LogP contribution is 2.27. The fourth-order valence-corrected chi connectivity index (χ4v) is 0.882. The average Bonchev–Trinajstić information content (AvgIpc) is 2.04. The fourth-order valence-electron chi connectivity index (χ4n) is 0.882. The lowest BCUT2D eigenvalue weighted by Crippen LogP contribution is -1.95. The van der Waals surface area contributed by atoms with Crippen molar-refractivity contribution in [2.24, 2.45) is 0 Å². The van der Waals surface area contributed by atoms with Crippen LogP contribution in [0.3, 0.4) is 0 Å². The number of phenolic OH excluding ortho intramolecular Hbond substituents is 1. The number of hydrogen-bond acceptors (Lipinski definition) is 4. The lowest BCUT2D eigenvalue weighted by atomic mass is 10.2. The molecule has 5 nitrogen and oxygen atoms in total. The first-order chi connectivity index (χ1) is 5.65. The first-order valence-corrected chi connectivity index (χ1v) is 3.30. The number of rotatable bonds is 2. The Morgan fingerprint density at radius 2 is 2.25 bits per heavy atom. The van der Waals surface area contributed by atoms with Gasteiger partial charge in [-0.05, 0) is 12.1 Å². The van der Waals surface area contributed by atoms with Crippen LogP contribution in [0.1, 0.15) is 0 Å². The molecule has 0 heterocycles. The molecule has 0 aliphatic carbocycles. The summed E-state index contributed by atoms with van der Waals surface area (Å²) in [5.41, 5.74) is 0.260. The number of nitro benzene ring substituents is 1. The number of phenols is 1. The summed E-state index contributed by atoms with van der Waals surface area (Å²) in [6, 6.07) is 3.94. The molecule has 0 saturated heterocycles. The third-order valence-electron chi connectivity index (χ3n) is 1.45. The van der Waals surface area contributed by atoms with Crippen LogP contribution in [0.5, 0.6) is 5.75 Å². The maximum atomic E-state index is 10.4. The van der Waals surface area contributed by atoms with Crippen LogP contribution in [0, 0.1) is 10.1 Å². The first-order valence-electron chi connectivity index (χ1n) is 3.30. The minimum Gasteiger partial charge on any atom is -0.508 e. The van der Waals surface area contributed by atoms with Crippen LogP contribution in [0.4, 0.5) is 11.4 Å². The van der Waals surface area contributed by atoms with E-state index < -0.39 is 4.92 Å². The molecule has 12 heavy (non-hydrogen) atoms. The molecule has 0 unspecified atom stereocenters. The quantitative estimate of drug-likeness (QED) is 0.397. The normalized spacial score (nSPS) is 9.42. The lowest BCUT2D eigenvalue weighted by molar-refractivity contribution is -0.384. The maximum absolute atomic E-state index is 10.4. The SMILES string of the molecule is CNc1ccc(O)cc1[N+](=O)[O-]. The Morgan fingerprint density at radius 3 is 2.75 bits per heavy atom. The number of nitrogens with one attached hydrogen (secondary N) is 1. The van der Waals surface area contributed by atoms with Crippen LogP contribution < -0.4 is 5.32 Å². The van der Waals surface area contributed by atoms with Crippen molar-refractivity contribution in [3.8, 4) is 5.75 Å². The van der Waals surface area contributed by atoms with E-state index >= 15 is 0 Å². The highest BCUT2D eigenvalue weighted by molar-refractivity contribution is 5.63. The molecule has 0 amide bonds. The molecule has 5 heteroatoms. The van der Waals surface area contributed by atoms with Gasteiger partial charge in [0.25, 0.3) is 5.69 Å². The second-order valence-corrected chi connectivity index (χ2v) is 2.21. The molecular weight excluding hydrogens is 160 g/mol. The zero-order valence-corrected chi connectivity index (χ0v) is 6.44. The molecule has 0 saturated carbocycles. The molecule has 0 spiro atoms. The van der Waals surface area contributed by atoms with Crippen molar-refractivity contribution in [2.75, 3.05) is 12.4 Å². The van der Waals surface area contributed by atoms with Crippen molar-refractivity contribution < 1.29 is 10.0 Å². The molecular formula is C7H8N2O3. The van der Waals surface area contributed by atoms with E-state index in [1.165, 1.54) is 12.1 Å². The molecule has 0 aromatic heterocycles. The third kappa shape index (κ3) is 1.45. The van der Waals surface area contributed by atoms with Gasteiger partial charge in [0.05, 0.1) is 11.0 Å². The molecule has 0 aliphatic heterocycles. The van der Waals surface area contributed by atoms with Gasteiger partial charge >= 0.3 is 0 Å². The second kappa shape index (κ2) is 3.08. The van der Waals surface area contributed by atoms with Crippen LogP contribution in [0.15, 0.2) is 18.2 Å². The van der Waals surface area contributed by atoms with E-state index in [1.54, 1.807) is 7.05 Å². The number of nitrogens with zero attached hydrogens (tertiary/aromatic N) is 1. The maximum Gasteiger partial charge on any atom is 0.295 e. The molecule has 0 radical (unpaired) electrons. The fraction of sp³-hybridized carbons (Fsp3) is 0.143. The largest absolute Gasteiger partial charge is 0.508 e. The number of anilines is 1. The van der Waals surface area contributed by atoms with E-state index in [-0.39, 0.29) is 11.4 Å². The van der Waals surface area contributed by atoms with Crippen molar-refractivity contribution in [3.63, 3.8) is 0 Å². The highest BCUT2D eigenvalue weighted by atomic mass is 16.6. The highest BCUT2D eigenvalue weighted by Gasteiger charge is 2.12. The van der Waals surface area contributed by atoms with Gasteiger partial charge in [-0.2, -0.15) is 0 Å². The Balaban J connectivity index is 3.21. The van der Waals surface area contributed by atoms with Crippen LogP contribution in [-0.4, -0.2) is 17.1 Å². The molecule has 1 aromatic rings. The summed E-state index contributed by atoms with van der Waals surface area (Å²) in [5, 5.41) is 22.0. The smallest absolute Gasteiger partial charge is 0.295 e. The Bertz CT molecular complexity index is 312. The minimum atomic E-state index is -0.550. The zero-order chi connectivity index (χ0) is 9.14. The van der Waals surface area contributed by atoms with Crippen molar-refractivity contribution in [3.05, 3.63) is 28.3 Å². The topological polar surface area (TPSA) is 75.4 Å².